The quantitative estimate of drug-likeness (QED) is 0.868. The molecule has 24 heavy (non-hydrogen) atoms. The maximum Gasteiger partial charge on any atom is 0.332 e. The Morgan fingerprint density at radius 1 is 1.29 bits per heavy atom. The molecule has 0 radical (unpaired) electrons. The van der Waals surface area contributed by atoms with Gasteiger partial charge in [-0.3, -0.25) is 18.7 Å². The van der Waals surface area contributed by atoms with Crippen LogP contribution in [0.4, 0.5) is 0 Å². The molecule has 1 aliphatic rings. The molecule has 0 saturated heterocycles. The summed E-state index contributed by atoms with van der Waals surface area (Å²) in [5.41, 5.74) is -0.0730. The number of hydrogen-bond donors (Lipinski definition) is 1. The molecule has 130 valence electrons. The molecule has 0 atom stereocenters. The first kappa shape index (κ1) is 17.0. The van der Waals surface area contributed by atoms with Crippen molar-refractivity contribution in [1.29, 1.82) is 0 Å². The minimum absolute atomic E-state index is 0.0328. The van der Waals surface area contributed by atoms with Crippen molar-refractivity contribution >= 4 is 27.5 Å². The van der Waals surface area contributed by atoms with Crippen molar-refractivity contribution in [3.63, 3.8) is 0 Å². The van der Waals surface area contributed by atoms with E-state index in [-0.39, 0.29) is 29.7 Å². The van der Waals surface area contributed by atoms with E-state index in [1.165, 1.54) is 20.5 Å². The Labute approximate surface area is 144 Å². The molecule has 1 aliphatic carbocycles. The van der Waals surface area contributed by atoms with Gasteiger partial charge in [0, 0.05) is 12.6 Å². The molecule has 0 aliphatic heterocycles. The van der Waals surface area contributed by atoms with E-state index < -0.39 is 0 Å². The van der Waals surface area contributed by atoms with E-state index in [1.807, 2.05) is 6.92 Å². The van der Waals surface area contributed by atoms with Gasteiger partial charge in [0.2, 0.25) is 5.91 Å². The third-order valence-electron chi connectivity index (χ3n) is 4.59. The minimum Gasteiger partial charge on any atom is -0.352 e. The Hall–Kier alpha value is -1.89. The maximum atomic E-state index is 12.7. The van der Waals surface area contributed by atoms with Gasteiger partial charge in [-0.15, -0.1) is 11.3 Å². The number of carbonyl (C=O) groups is 1. The maximum absolute atomic E-state index is 12.7. The van der Waals surface area contributed by atoms with Gasteiger partial charge in [-0.25, -0.2) is 4.79 Å². The molecule has 7 heteroatoms. The molecule has 1 saturated carbocycles. The van der Waals surface area contributed by atoms with Gasteiger partial charge >= 0.3 is 5.69 Å². The fourth-order valence-electron chi connectivity index (χ4n) is 3.29. The van der Waals surface area contributed by atoms with Gasteiger partial charge in [0.15, 0.2) is 0 Å². The Bertz CT molecular complexity index is 843. The molecule has 2 heterocycles. The van der Waals surface area contributed by atoms with E-state index in [1.54, 1.807) is 11.4 Å². The molecular weight excluding hydrogens is 326 g/mol. The summed E-state index contributed by atoms with van der Waals surface area (Å²) < 4.78 is 3.25. The van der Waals surface area contributed by atoms with Crippen molar-refractivity contribution in [3.05, 3.63) is 32.3 Å². The van der Waals surface area contributed by atoms with Crippen molar-refractivity contribution in [2.75, 3.05) is 0 Å². The van der Waals surface area contributed by atoms with Crippen LogP contribution in [0.3, 0.4) is 0 Å². The number of hydrogen-bond acceptors (Lipinski definition) is 4. The van der Waals surface area contributed by atoms with Crippen molar-refractivity contribution < 1.29 is 4.79 Å². The molecule has 6 nitrogen and oxygen atoms in total. The second kappa shape index (κ2) is 7.34. The number of unbranched alkanes of at least 4 members (excludes halogenated alkanes) is 1. The van der Waals surface area contributed by atoms with Gasteiger partial charge in [0.05, 0.1) is 5.52 Å². The van der Waals surface area contributed by atoms with Crippen LogP contribution in [0.25, 0.3) is 10.2 Å². The van der Waals surface area contributed by atoms with Crippen LogP contribution in [0.2, 0.25) is 0 Å². The monoisotopic (exact) mass is 349 g/mol. The summed E-state index contributed by atoms with van der Waals surface area (Å²) in [6, 6.07) is 1.97. The number of nitrogens with zero attached hydrogens (tertiary/aromatic N) is 2. The topological polar surface area (TPSA) is 73.1 Å². The molecule has 2 aromatic heterocycles. The lowest BCUT2D eigenvalue weighted by atomic mass is 10.2. The highest BCUT2D eigenvalue weighted by Crippen LogP contribution is 2.18. The third-order valence-corrected chi connectivity index (χ3v) is 5.49. The molecular formula is C17H23N3O3S. The van der Waals surface area contributed by atoms with E-state index in [4.69, 9.17) is 0 Å². The zero-order valence-corrected chi connectivity index (χ0v) is 14.7. The number of nitrogens with one attached hydrogen (secondary N) is 1. The van der Waals surface area contributed by atoms with Crippen LogP contribution >= 0.6 is 11.3 Å². The molecule has 1 fully saturated rings. The second-order valence-electron chi connectivity index (χ2n) is 6.36. The van der Waals surface area contributed by atoms with E-state index in [0.29, 0.717) is 16.8 Å². The summed E-state index contributed by atoms with van der Waals surface area (Å²) in [5.74, 6) is -0.155. The third kappa shape index (κ3) is 3.31. The lowest BCUT2D eigenvalue weighted by molar-refractivity contribution is -0.122. The van der Waals surface area contributed by atoms with Crippen LogP contribution in [0.5, 0.6) is 0 Å². The zero-order valence-electron chi connectivity index (χ0n) is 13.9. The Kier molecular flexibility index (Phi) is 5.18. The highest BCUT2D eigenvalue weighted by molar-refractivity contribution is 7.17. The first-order chi connectivity index (χ1) is 11.6. The van der Waals surface area contributed by atoms with Crippen LogP contribution in [-0.4, -0.2) is 21.1 Å². The van der Waals surface area contributed by atoms with Crippen LogP contribution in [0.15, 0.2) is 21.0 Å². The van der Waals surface area contributed by atoms with E-state index in [0.717, 1.165) is 38.5 Å². The van der Waals surface area contributed by atoms with Gasteiger partial charge in [-0.05, 0) is 30.7 Å². The molecule has 0 spiro atoms. The van der Waals surface area contributed by atoms with Gasteiger partial charge in [-0.1, -0.05) is 26.2 Å². The molecule has 1 amide bonds. The van der Waals surface area contributed by atoms with Gasteiger partial charge in [0.1, 0.15) is 11.2 Å². The number of amides is 1. The smallest absolute Gasteiger partial charge is 0.332 e. The molecule has 3 rings (SSSR count). The largest absolute Gasteiger partial charge is 0.352 e. The molecule has 2 aromatic rings. The summed E-state index contributed by atoms with van der Waals surface area (Å²) in [7, 11) is 0. The van der Waals surface area contributed by atoms with E-state index in [9.17, 15) is 14.4 Å². The van der Waals surface area contributed by atoms with Crippen LogP contribution in [0.1, 0.15) is 45.4 Å². The standard InChI is InChI=1S/C17H23N3O3S/c1-2-3-9-19-16(22)15-13(8-10-24-15)20(17(19)23)11-14(21)18-12-6-4-5-7-12/h8,10,12H,2-7,9,11H2,1H3,(H,18,21). The average Bonchev–Trinajstić information content (AvgIpc) is 3.23. The zero-order chi connectivity index (χ0) is 17.1. The summed E-state index contributed by atoms with van der Waals surface area (Å²) >= 11 is 1.32. The number of fused-ring (bicyclic) bond motifs is 1. The van der Waals surface area contributed by atoms with Crippen LogP contribution in [0, 0.1) is 0 Å². The Morgan fingerprint density at radius 3 is 2.75 bits per heavy atom. The van der Waals surface area contributed by atoms with Crippen molar-refractivity contribution in [1.82, 2.24) is 14.5 Å². The fraction of sp³-hybridized carbons (Fsp3) is 0.588. The number of thiophene rings is 1. The predicted molar refractivity (Wildman–Crippen MR) is 95.7 cm³/mol. The highest BCUT2D eigenvalue weighted by Gasteiger charge is 2.20. The summed E-state index contributed by atoms with van der Waals surface area (Å²) in [6.07, 6.45) is 5.95. The number of carbonyl (C=O) groups excluding carboxylic acids is 1. The Morgan fingerprint density at radius 2 is 2.04 bits per heavy atom. The highest BCUT2D eigenvalue weighted by atomic mass is 32.1. The lowest BCUT2D eigenvalue weighted by Gasteiger charge is -2.15. The van der Waals surface area contributed by atoms with Crippen LogP contribution in [-0.2, 0) is 17.9 Å². The summed E-state index contributed by atoms with van der Waals surface area (Å²) in [5, 5.41) is 4.80. The molecule has 1 N–H and O–H groups in total. The van der Waals surface area contributed by atoms with Crippen molar-refractivity contribution in [2.24, 2.45) is 0 Å². The Balaban J connectivity index is 1.93. The first-order valence-electron chi connectivity index (χ1n) is 8.62. The van der Waals surface area contributed by atoms with Gasteiger partial charge in [-0.2, -0.15) is 0 Å². The molecule has 0 bridgehead atoms. The van der Waals surface area contributed by atoms with E-state index >= 15 is 0 Å². The van der Waals surface area contributed by atoms with Gasteiger partial charge in [0.25, 0.3) is 5.56 Å². The van der Waals surface area contributed by atoms with Crippen molar-refractivity contribution in [2.45, 2.75) is 64.6 Å². The van der Waals surface area contributed by atoms with Crippen LogP contribution < -0.4 is 16.6 Å². The predicted octanol–water partition coefficient (Wildman–Crippen LogP) is 2.08. The van der Waals surface area contributed by atoms with E-state index in [2.05, 4.69) is 5.32 Å². The minimum atomic E-state index is -0.388. The SMILES string of the molecule is CCCCn1c(=O)c2sccc2n(CC(=O)NC2CCCC2)c1=O. The number of rotatable bonds is 6. The summed E-state index contributed by atoms with van der Waals surface area (Å²) in [4.78, 5) is 37.6. The van der Waals surface area contributed by atoms with Gasteiger partial charge < -0.3 is 5.32 Å². The number of aromatic nitrogens is 2. The normalized spacial score (nSPS) is 15.2. The fourth-order valence-corrected chi connectivity index (χ4v) is 4.13. The first-order valence-corrected chi connectivity index (χ1v) is 9.50. The molecule has 0 unspecified atom stereocenters. The average molecular weight is 349 g/mol. The molecule has 0 aromatic carbocycles. The summed E-state index contributed by atoms with van der Waals surface area (Å²) in [6.45, 7) is 2.38. The van der Waals surface area contributed by atoms with Crippen molar-refractivity contribution in [3.8, 4) is 0 Å². The second-order valence-corrected chi connectivity index (χ2v) is 7.28. The lowest BCUT2D eigenvalue weighted by Crippen LogP contribution is -2.43.